The van der Waals surface area contributed by atoms with Gasteiger partial charge in [0.05, 0.1) is 19.3 Å². The molecule has 0 radical (unpaired) electrons. The van der Waals surface area contributed by atoms with Gasteiger partial charge in [-0.05, 0) is 44.9 Å². The normalized spacial score (nSPS) is 12.6. The fraction of sp³-hybridized carbons (Fsp3) is 0.588. The molecule has 22 heavy (non-hydrogen) atoms. The van der Waals surface area contributed by atoms with E-state index >= 15 is 0 Å². The van der Waals surface area contributed by atoms with Crippen molar-refractivity contribution in [3.05, 3.63) is 29.8 Å². The van der Waals surface area contributed by atoms with Crippen LogP contribution in [0.2, 0.25) is 0 Å². The monoisotopic (exact) mass is 309 g/mol. The number of unbranched alkanes of at least 4 members (excludes halogenated alkanes) is 1. The van der Waals surface area contributed by atoms with E-state index in [1.54, 1.807) is 32.9 Å². The lowest BCUT2D eigenvalue weighted by Crippen LogP contribution is -2.34. The Labute approximate surface area is 132 Å². The summed E-state index contributed by atoms with van der Waals surface area (Å²) >= 11 is 0. The number of aliphatic hydroxyl groups excluding tert-OH is 1. The molecule has 0 aliphatic heterocycles. The number of carbonyl (C=O) groups is 1. The number of alkyl carbamates (subject to hydrolysis) is 1. The van der Waals surface area contributed by atoms with E-state index in [0.29, 0.717) is 12.2 Å². The first-order chi connectivity index (χ1) is 10.3. The summed E-state index contributed by atoms with van der Waals surface area (Å²) in [6, 6.07) is 7.27. The molecule has 1 amide bonds. The van der Waals surface area contributed by atoms with Crippen LogP contribution in [0, 0.1) is 0 Å². The van der Waals surface area contributed by atoms with E-state index in [1.165, 1.54) is 0 Å². The Morgan fingerprint density at radius 1 is 1.36 bits per heavy atom. The highest BCUT2D eigenvalue weighted by atomic mass is 16.6. The minimum atomic E-state index is -0.803. The van der Waals surface area contributed by atoms with Gasteiger partial charge in [-0.3, -0.25) is 0 Å². The number of benzene rings is 1. The second-order valence-corrected chi connectivity index (χ2v) is 6.17. The van der Waals surface area contributed by atoms with E-state index in [2.05, 4.69) is 12.2 Å². The molecule has 0 bridgehead atoms. The summed E-state index contributed by atoms with van der Waals surface area (Å²) in [6.07, 6.45) is 0.721. The molecule has 0 saturated heterocycles. The molecule has 0 aromatic heterocycles. The summed E-state index contributed by atoms with van der Waals surface area (Å²) in [4.78, 5) is 11.6. The Balaban J connectivity index is 2.49. The van der Waals surface area contributed by atoms with Crippen LogP contribution in [0.25, 0.3) is 0 Å². The van der Waals surface area contributed by atoms with Gasteiger partial charge in [-0.25, -0.2) is 4.79 Å². The van der Waals surface area contributed by atoms with E-state index in [4.69, 9.17) is 9.47 Å². The third-order valence-electron chi connectivity index (χ3n) is 2.85. The van der Waals surface area contributed by atoms with Crippen LogP contribution in [0.15, 0.2) is 24.3 Å². The van der Waals surface area contributed by atoms with Crippen LogP contribution in [0.5, 0.6) is 5.75 Å². The highest BCUT2D eigenvalue weighted by Gasteiger charge is 2.17. The maximum atomic E-state index is 11.6. The van der Waals surface area contributed by atoms with Crippen molar-refractivity contribution in [3.63, 3.8) is 0 Å². The first-order valence-corrected chi connectivity index (χ1v) is 7.69. The van der Waals surface area contributed by atoms with Gasteiger partial charge in [-0.15, -0.1) is 0 Å². The molecule has 0 saturated carbocycles. The summed E-state index contributed by atoms with van der Waals surface area (Å²) in [5.74, 6) is 0.724. The first kappa shape index (κ1) is 18.3. The number of amides is 1. The number of hydrogen-bond acceptors (Lipinski definition) is 4. The molecule has 0 spiro atoms. The highest BCUT2D eigenvalue weighted by Crippen LogP contribution is 2.19. The van der Waals surface area contributed by atoms with Crippen molar-refractivity contribution in [1.29, 1.82) is 0 Å². The van der Waals surface area contributed by atoms with E-state index in [0.717, 1.165) is 18.6 Å². The Hall–Kier alpha value is -1.75. The van der Waals surface area contributed by atoms with Gasteiger partial charge in [-0.2, -0.15) is 0 Å². The summed E-state index contributed by atoms with van der Waals surface area (Å²) in [7, 11) is 0. The fourth-order valence-electron chi connectivity index (χ4n) is 1.76. The van der Waals surface area contributed by atoms with Crippen LogP contribution in [-0.4, -0.2) is 30.0 Å². The second kappa shape index (κ2) is 8.63. The molecule has 0 aliphatic rings. The average Bonchev–Trinajstić information content (AvgIpc) is 2.43. The fourth-order valence-corrected chi connectivity index (χ4v) is 1.76. The lowest BCUT2D eigenvalue weighted by atomic mass is 10.1. The molecule has 2 N–H and O–H groups in total. The van der Waals surface area contributed by atoms with Gasteiger partial charge in [0.15, 0.2) is 0 Å². The molecular weight excluding hydrogens is 282 g/mol. The predicted molar refractivity (Wildman–Crippen MR) is 86.0 cm³/mol. The number of ether oxygens (including phenoxy) is 2. The topological polar surface area (TPSA) is 67.8 Å². The van der Waals surface area contributed by atoms with Crippen LogP contribution in [0.3, 0.4) is 0 Å². The quantitative estimate of drug-likeness (QED) is 0.757. The van der Waals surface area contributed by atoms with Gasteiger partial charge in [0.25, 0.3) is 0 Å². The van der Waals surface area contributed by atoms with E-state index in [9.17, 15) is 9.90 Å². The number of hydrogen-bond donors (Lipinski definition) is 2. The van der Waals surface area contributed by atoms with Gasteiger partial charge in [-0.1, -0.05) is 25.5 Å². The molecule has 124 valence electrons. The SMILES string of the molecule is CCCCOc1cccc(C(O)CNC(=O)OC(C)(C)C)c1. The summed E-state index contributed by atoms with van der Waals surface area (Å²) in [6.45, 7) is 8.23. The summed E-state index contributed by atoms with van der Waals surface area (Å²) in [5.41, 5.74) is 0.146. The van der Waals surface area contributed by atoms with Crippen LogP contribution in [0.4, 0.5) is 4.79 Å². The predicted octanol–water partition coefficient (Wildman–Crippen LogP) is 3.42. The van der Waals surface area contributed by atoms with Crippen LogP contribution < -0.4 is 10.1 Å². The maximum absolute atomic E-state index is 11.6. The van der Waals surface area contributed by atoms with E-state index in [-0.39, 0.29) is 6.54 Å². The smallest absolute Gasteiger partial charge is 0.407 e. The van der Waals surface area contributed by atoms with Gasteiger partial charge < -0.3 is 19.9 Å². The number of nitrogens with one attached hydrogen (secondary N) is 1. The summed E-state index contributed by atoms with van der Waals surface area (Å²) in [5, 5.41) is 12.7. The van der Waals surface area contributed by atoms with Gasteiger partial charge >= 0.3 is 6.09 Å². The molecule has 5 heteroatoms. The third kappa shape index (κ3) is 7.31. The molecule has 5 nitrogen and oxygen atoms in total. The number of carbonyl (C=O) groups excluding carboxylic acids is 1. The zero-order valence-corrected chi connectivity index (χ0v) is 13.9. The standard InChI is InChI=1S/C17H27NO4/c1-5-6-10-21-14-9-7-8-13(11-14)15(19)12-18-16(20)22-17(2,3)4/h7-9,11,15,19H,5-6,10,12H2,1-4H3,(H,18,20). The number of rotatable bonds is 7. The van der Waals surface area contributed by atoms with Crippen molar-refractivity contribution < 1.29 is 19.4 Å². The zero-order chi connectivity index (χ0) is 16.6. The van der Waals surface area contributed by atoms with Crippen molar-refractivity contribution >= 4 is 6.09 Å². The van der Waals surface area contributed by atoms with E-state index in [1.807, 2.05) is 12.1 Å². The molecule has 1 rings (SSSR count). The number of aliphatic hydroxyl groups is 1. The minimum absolute atomic E-state index is 0.0906. The Bertz CT molecular complexity index is 468. The molecular formula is C17H27NO4. The van der Waals surface area contributed by atoms with Crippen LogP contribution in [0.1, 0.15) is 52.2 Å². The Morgan fingerprint density at radius 3 is 2.73 bits per heavy atom. The average molecular weight is 309 g/mol. The van der Waals surface area contributed by atoms with Crippen LogP contribution >= 0.6 is 0 Å². The van der Waals surface area contributed by atoms with Crippen LogP contribution in [-0.2, 0) is 4.74 Å². The maximum Gasteiger partial charge on any atom is 0.407 e. The lowest BCUT2D eigenvalue weighted by molar-refractivity contribution is 0.0492. The molecule has 1 aromatic rings. The molecule has 1 unspecified atom stereocenters. The third-order valence-corrected chi connectivity index (χ3v) is 2.85. The van der Waals surface area contributed by atoms with Gasteiger partial charge in [0, 0.05) is 0 Å². The van der Waals surface area contributed by atoms with Crippen molar-refractivity contribution in [3.8, 4) is 5.75 Å². The Morgan fingerprint density at radius 2 is 2.09 bits per heavy atom. The van der Waals surface area contributed by atoms with Gasteiger partial charge in [0.2, 0.25) is 0 Å². The molecule has 0 heterocycles. The zero-order valence-electron chi connectivity index (χ0n) is 13.9. The molecule has 1 atom stereocenters. The summed E-state index contributed by atoms with van der Waals surface area (Å²) < 4.78 is 10.7. The molecule has 0 fully saturated rings. The largest absolute Gasteiger partial charge is 0.494 e. The second-order valence-electron chi connectivity index (χ2n) is 6.17. The van der Waals surface area contributed by atoms with Gasteiger partial charge in [0.1, 0.15) is 11.4 Å². The van der Waals surface area contributed by atoms with Crippen molar-refractivity contribution in [2.24, 2.45) is 0 Å². The minimum Gasteiger partial charge on any atom is -0.494 e. The molecule has 0 aliphatic carbocycles. The first-order valence-electron chi connectivity index (χ1n) is 7.69. The van der Waals surface area contributed by atoms with Crippen molar-refractivity contribution in [2.45, 2.75) is 52.2 Å². The highest BCUT2D eigenvalue weighted by molar-refractivity contribution is 5.67. The van der Waals surface area contributed by atoms with E-state index < -0.39 is 17.8 Å². The van der Waals surface area contributed by atoms with Crippen molar-refractivity contribution in [1.82, 2.24) is 5.32 Å². The Kier molecular flexibility index (Phi) is 7.18. The lowest BCUT2D eigenvalue weighted by Gasteiger charge is -2.20. The van der Waals surface area contributed by atoms with Crippen molar-refractivity contribution in [2.75, 3.05) is 13.2 Å². The molecule has 1 aromatic carbocycles.